The van der Waals surface area contributed by atoms with Crippen molar-refractivity contribution in [3.63, 3.8) is 0 Å². The van der Waals surface area contributed by atoms with Gasteiger partial charge in [0.15, 0.2) is 0 Å². The van der Waals surface area contributed by atoms with Crippen LogP contribution in [0.1, 0.15) is 61.0 Å². The molecule has 2 aromatic carbocycles. The number of anilines is 1. The zero-order valence-corrected chi connectivity index (χ0v) is 26.5. The number of sulfonamides is 1. The fourth-order valence-corrected chi connectivity index (χ4v) is 8.34. The maximum Gasteiger partial charge on any atom is 0.338 e. The summed E-state index contributed by atoms with van der Waals surface area (Å²) in [6.07, 6.45) is 2.45. The summed E-state index contributed by atoms with van der Waals surface area (Å²) >= 11 is 1.42. The molecule has 2 aliphatic heterocycles. The summed E-state index contributed by atoms with van der Waals surface area (Å²) in [4.78, 5) is 32.9. The molecule has 2 aliphatic rings. The molecular weight excluding hydrogens is 591 g/mol. The lowest BCUT2D eigenvalue weighted by Gasteiger charge is -2.35. The van der Waals surface area contributed by atoms with Crippen LogP contribution in [0.2, 0.25) is 0 Å². The lowest BCUT2D eigenvalue weighted by Crippen LogP contribution is -2.51. The van der Waals surface area contributed by atoms with Crippen molar-refractivity contribution in [2.24, 2.45) is 11.3 Å². The number of nitrogens with zero attached hydrogens (tertiary/aromatic N) is 2. The Kier molecular flexibility index (Phi) is 9.38. The van der Waals surface area contributed by atoms with Gasteiger partial charge < -0.3 is 15.0 Å². The highest BCUT2D eigenvalue weighted by Gasteiger charge is 2.36. The molecule has 12 heteroatoms. The number of thiazole rings is 1. The predicted octanol–water partition coefficient (Wildman–Crippen LogP) is 4.96. The molecule has 43 heavy (non-hydrogen) atoms. The van der Waals surface area contributed by atoms with E-state index in [0.717, 1.165) is 10.2 Å². The van der Waals surface area contributed by atoms with Gasteiger partial charge in [-0.05, 0) is 73.8 Å². The number of amides is 1. The molecule has 0 saturated carbocycles. The van der Waals surface area contributed by atoms with Gasteiger partial charge >= 0.3 is 5.97 Å². The van der Waals surface area contributed by atoms with Gasteiger partial charge in [0.25, 0.3) is 0 Å². The van der Waals surface area contributed by atoms with Gasteiger partial charge in [0.05, 0.1) is 39.8 Å². The number of benzene rings is 2. The van der Waals surface area contributed by atoms with E-state index in [2.05, 4.69) is 28.9 Å². The maximum atomic E-state index is 14.2. The lowest BCUT2D eigenvalue weighted by molar-refractivity contribution is -0.134. The second-order valence-electron chi connectivity index (χ2n) is 12.1. The first kappa shape index (κ1) is 31.3. The van der Waals surface area contributed by atoms with Gasteiger partial charge in [-0.25, -0.2) is 18.2 Å². The van der Waals surface area contributed by atoms with Crippen molar-refractivity contribution in [1.82, 2.24) is 14.6 Å². The van der Waals surface area contributed by atoms with Crippen molar-refractivity contribution in [3.8, 4) is 0 Å². The van der Waals surface area contributed by atoms with Crippen molar-refractivity contribution in [3.05, 3.63) is 52.5 Å². The number of likely N-dealkylation sites (tertiary alicyclic amines) is 1. The van der Waals surface area contributed by atoms with Crippen LogP contribution in [0, 0.1) is 11.3 Å². The summed E-state index contributed by atoms with van der Waals surface area (Å²) in [5.41, 5.74) is 1.90. The van der Waals surface area contributed by atoms with Crippen molar-refractivity contribution in [2.45, 2.75) is 63.8 Å². The highest BCUT2D eigenvalue weighted by atomic mass is 32.2. The van der Waals surface area contributed by atoms with E-state index in [1.807, 2.05) is 24.3 Å². The largest absolute Gasteiger partial charge is 0.462 e. The number of alkyl halides is 1. The summed E-state index contributed by atoms with van der Waals surface area (Å²) in [6, 6.07) is 9.50. The molecule has 1 fully saturated rings. The van der Waals surface area contributed by atoms with E-state index in [1.165, 1.54) is 17.4 Å². The van der Waals surface area contributed by atoms with Crippen molar-refractivity contribution < 1.29 is 27.1 Å². The number of hydrogen-bond acceptors (Lipinski definition) is 8. The van der Waals surface area contributed by atoms with E-state index in [4.69, 9.17) is 4.74 Å². The van der Waals surface area contributed by atoms with Gasteiger partial charge in [-0.3, -0.25) is 9.18 Å². The molecule has 0 bridgehead atoms. The van der Waals surface area contributed by atoms with Gasteiger partial charge in [0, 0.05) is 26.1 Å². The first-order chi connectivity index (χ1) is 20.5. The third kappa shape index (κ3) is 7.18. The zero-order chi connectivity index (χ0) is 30.8. The zero-order valence-electron chi connectivity index (χ0n) is 24.8. The first-order valence-corrected chi connectivity index (χ1v) is 17.1. The van der Waals surface area contributed by atoms with Crippen LogP contribution in [0.3, 0.4) is 0 Å². The van der Waals surface area contributed by atoms with E-state index < -0.39 is 22.0 Å². The minimum atomic E-state index is -4.30. The normalized spacial score (nSPS) is 17.7. The van der Waals surface area contributed by atoms with Crippen molar-refractivity contribution in [2.75, 3.05) is 38.2 Å². The third-order valence-corrected chi connectivity index (χ3v) is 10.7. The Morgan fingerprint density at radius 3 is 2.67 bits per heavy atom. The molecule has 5 rings (SSSR count). The number of aromatic nitrogens is 1. The number of ether oxygens (including phenoxy) is 1. The minimum absolute atomic E-state index is 0.0715. The number of piperidine rings is 1. The Labute approximate surface area is 256 Å². The Bertz CT molecular complexity index is 1570. The number of carbonyl (C=O) groups excluding carboxylic acids is 2. The standard InChI is InChI=1S/C31H39FN4O5S2/c1-4-41-30(38)21-15-22-18-31(2,3)19-33-28(22)26(16-21)43(39,40)35-24(17-27-34-23-7-5-6-8-25(23)42-27)29(37)36-13-10-20(9-12-32)11-14-36/h5-8,15-16,20,24,33,35H,4,9-14,17-19H2,1-3H3/t24-/m0/s1. The second-order valence-corrected chi connectivity index (χ2v) is 14.9. The van der Waals surface area contributed by atoms with E-state index in [9.17, 15) is 22.4 Å². The lowest BCUT2D eigenvalue weighted by atomic mass is 9.82. The Balaban J connectivity index is 1.49. The van der Waals surface area contributed by atoms with E-state index in [1.54, 1.807) is 17.9 Å². The maximum absolute atomic E-state index is 14.2. The number of rotatable bonds is 10. The molecule has 9 nitrogen and oxygen atoms in total. The Morgan fingerprint density at radius 2 is 1.98 bits per heavy atom. The van der Waals surface area contributed by atoms with Gasteiger partial charge in [-0.2, -0.15) is 4.72 Å². The van der Waals surface area contributed by atoms with Crippen LogP contribution in [-0.2, 0) is 32.4 Å². The average Bonchev–Trinajstić information content (AvgIpc) is 3.38. The average molecular weight is 631 g/mol. The van der Waals surface area contributed by atoms with Gasteiger partial charge in [-0.15, -0.1) is 11.3 Å². The quantitative estimate of drug-likeness (QED) is 0.304. The summed E-state index contributed by atoms with van der Waals surface area (Å²) in [5, 5.41) is 3.90. The predicted molar refractivity (Wildman–Crippen MR) is 166 cm³/mol. The summed E-state index contributed by atoms with van der Waals surface area (Å²) in [5.74, 6) is -0.740. The van der Waals surface area contributed by atoms with Crippen LogP contribution in [0.5, 0.6) is 0 Å². The fourth-order valence-electron chi connectivity index (χ4n) is 5.89. The SMILES string of the molecule is CCOC(=O)c1cc2c(c(S(=O)(=O)N[C@@H](Cc3nc4ccccc4s3)C(=O)N3CCC(CCF)CC3)c1)NCC(C)(C)C2. The smallest absolute Gasteiger partial charge is 0.338 e. The minimum Gasteiger partial charge on any atom is -0.462 e. The molecule has 0 spiro atoms. The number of fused-ring (bicyclic) bond motifs is 2. The van der Waals surface area contributed by atoms with Crippen LogP contribution in [0.25, 0.3) is 10.2 Å². The molecular formula is C31H39FN4O5S2. The van der Waals surface area contributed by atoms with Gasteiger partial charge in [0.2, 0.25) is 15.9 Å². The number of carbonyl (C=O) groups is 2. The molecule has 2 N–H and O–H groups in total. The molecule has 0 aliphatic carbocycles. The van der Waals surface area contributed by atoms with Crippen LogP contribution in [-0.4, -0.2) is 69.1 Å². The molecule has 232 valence electrons. The molecule has 0 unspecified atom stereocenters. The summed E-state index contributed by atoms with van der Waals surface area (Å²) < 4.78 is 50.1. The third-order valence-electron chi connectivity index (χ3n) is 8.15. The second kappa shape index (κ2) is 12.9. The molecule has 3 aromatic rings. The number of para-hydroxylation sites is 1. The molecule has 1 aromatic heterocycles. The monoisotopic (exact) mass is 630 g/mol. The van der Waals surface area contributed by atoms with Gasteiger partial charge in [-0.1, -0.05) is 26.0 Å². The van der Waals surface area contributed by atoms with Crippen LogP contribution in [0.4, 0.5) is 10.1 Å². The topological polar surface area (TPSA) is 118 Å². The fraction of sp³-hybridized carbons (Fsp3) is 0.516. The van der Waals surface area contributed by atoms with Crippen LogP contribution >= 0.6 is 11.3 Å². The molecule has 3 heterocycles. The number of halogens is 1. The summed E-state index contributed by atoms with van der Waals surface area (Å²) in [7, 11) is -4.30. The van der Waals surface area contributed by atoms with Crippen molar-refractivity contribution >= 4 is 49.1 Å². The number of hydrogen-bond donors (Lipinski definition) is 2. The van der Waals surface area contributed by atoms with Crippen LogP contribution in [0.15, 0.2) is 41.3 Å². The Morgan fingerprint density at radius 1 is 1.23 bits per heavy atom. The van der Waals surface area contributed by atoms with E-state index in [0.29, 0.717) is 61.6 Å². The summed E-state index contributed by atoms with van der Waals surface area (Å²) in [6.45, 7) is 7.01. The number of nitrogens with one attached hydrogen (secondary N) is 2. The van der Waals surface area contributed by atoms with Crippen molar-refractivity contribution in [1.29, 1.82) is 0 Å². The highest BCUT2D eigenvalue weighted by Crippen LogP contribution is 2.38. The van der Waals surface area contributed by atoms with Crippen LogP contribution < -0.4 is 10.0 Å². The molecule has 1 amide bonds. The highest BCUT2D eigenvalue weighted by molar-refractivity contribution is 7.89. The van der Waals surface area contributed by atoms with E-state index in [-0.39, 0.29) is 47.4 Å². The van der Waals surface area contributed by atoms with Gasteiger partial charge in [0.1, 0.15) is 10.9 Å². The first-order valence-electron chi connectivity index (χ1n) is 14.8. The molecule has 0 radical (unpaired) electrons. The molecule has 1 saturated heterocycles. The Hall–Kier alpha value is -3.09. The molecule has 1 atom stereocenters. The van der Waals surface area contributed by atoms with E-state index >= 15 is 0 Å². The number of esters is 1.